The molecule has 1 unspecified atom stereocenters. The van der Waals surface area contributed by atoms with E-state index in [0.717, 1.165) is 10.2 Å². The van der Waals surface area contributed by atoms with E-state index in [1.807, 2.05) is 12.1 Å². The number of carbonyl (C=O) groups excluding carboxylic acids is 1. The van der Waals surface area contributed by atoms with Gasteiger partial charge in [-0.3, -0.25) is 19.5 Å². The number of rotatable bonds is 4. The Kier molecular flexibility index (Phi) is 4.72. The molecule has 0 bridgehead atoms. The summed E-state index contributed by atoms with van der Waals surface area (Å²) in [5, 5.41) is 6.33. The molecular weight excluding hydrogens is 342 g/mol. The van der Waals surface area contributed by atoms with Crippen LogP contribution in [-0.4, -0.2) is 15.7 Å². The van der Waals surface area contributed by atoms with E-state index in [1.165, 1.54) is 0 Å². The molecule has 7 heteroatoms. The number of hydrogen-bond donors (Lipinski definition) is 2. The Morgan fingerprint density at radius 1 is 1.12 bits per heavy atom. The maximum absolute atomic E-state index is 12.4. The summed E-state index contributed by atoms with van der Waals surface area (Å²) in [6, 6.07) is 13.3. The Bertz CT molecular complexity index is 1060. The van der Waals surface area contributed by atoms with Crippen LogP contribution in [0.5, 0.6) is 0 Å². The van der Waals surface area contributed by atoms with Crippen molar-refractivity contribution in [3.05, 3.63) is 79.8 Å². The second-order valence-electron chi connectivity index (χ2n) is 5.69. The molecule has 6 nitrogen and oxygen atoms in total. The Morgan fingerprint density at radius 2 is 1.76 bits per heavy atom. The molecule has 0 saturated carbocycles. The molecule has 0 saturated heterocycles. The maximum Gasteiger partial charge on any atom is 0.273 e. The molecule has 0 spiro atoms. The van der Waals surface area contributed by atoms with Crippen molar-refractivity contribution in [1.82, 2.24) is 15.1 Å². The molecule has 1 heterocycles. The average molecular weight is 358 g/mol. The lowest BCUT2D eigenvalue weighted by molar-refractivity contribution is -0.122. The molecule has 1 atom stereocenters. The van der Waals surface area contributed by atoms with Crippen molar-refractivity contribution in [2.75, 3.05) is 0 Å². The molecule has 3 aromatic rings. The van der Waals surface area contributed by atoms with Gasteiger partial charge in [-0.15, -0.1) is 0 Å². The summed E-state index contributed by atoms with van der Waals surface area (Å²) in [5.41, 5.74) is -0.0604. The summed E-state index contributed by atoms with van der Waals surface area (Å²) in [6.45, 7) is 1.51. The van der Waals surface area contributed by atoms with Gasteiger partial charge in [0, 0.05) is 5.02 Å². The minimum Gasteiger partial charge on any atom is -0.348 e. The van der Waals surface area contributed by atoms with Gasteiger partial charge >= 0.3 is 0 Å². The first-order chi connectivity index (χ1) is 12.0. The van der Waals surface area contributed by atoms with Gasteiger partial charge in [-0.2, -0.15) is 0 Å². The van der Waals surface area contributed by atoms with Crippen LogP contribution >= 0.6 is 11.6 Å². The Hall–Kier alpha value is -2.86. The Labute approximate surface area is 148 Å². The highest BCUT2D eigenvalue weighted by Gasteiger charge is 2.14. The number of nitrogens with one attached hydrogen (secondary N) is 2. The molecule has 0 fully saturated rings. The van der Waals surface area contributed by atoms with Crippen molar-refractivity contribution < 1.29 is 4.79 Å². The minimum atomic E-state index is -0.421. The fourth-order valence-corrected chi connectivity index (χ4v) is 2.99. The predicted molar refractivity (Wildman–Crippen MR) is 96.8 cm³/mol. The van der Waals surface area contributed by atoms with E-state index in [1.54, 1.807) is 43.3 Å². The number of halogens is 1. The number of nitrogens with zero attached hydrogens (tertiary/aromatic N) is 1. The van der Waals surface area contributed by atoms with Crippen LogP contribution in [0.2, 0.25) is 5.02 Å². The standard InChI is InChI=1S/C18H16ClN3O3/c1-11(12-6-4-5-9-15(12)19)20-16(23)10-22-18(25)14-8-3-2-7-13(14)17(24)21-22/h2-9,11H,10H2,1H3,(H,20,23)(H,21,24). The van der Waals surface area contributed by atoms with Crippen molar-refractivity contribution in [2.45, 2.75) is 19.5 Å². The summed E-state index contributed by atoms with van der Waals surface area (Å²) in [6.07, 6.45) is 0. The summed E-state index contributed by atoms with van der Waals surface area (Å²) in [5.74, 6) is -0.402. The molecule has 0 radical (unpaired) electrons. The molecule has 128 valence electrons. The molecule has 1 amide bonds. The SMILES string of the molecule is CC(NC(=O)Cn1[nH]c(=O)c2ccccc2c1=O)c1ccccc1Cl. The fourth-order valence-electron chi connectivity index (χ4n) is 2.69. The summed E-state index contributed by atoms with van der Waals surface area (Å²) in [4.78, 5) is 36.7. The third-order valence-corrected chi connectivity index (χ3v) is 4.28. The molecule has 0 aliphatic heterocycles. The van der Waals surface area contributed by atoms with Gasteiger partial charge in [0.25, 0.3) is 11.1 Å². The Balaban J connectivity index is 1.83. The van der Waals surface area contributed by atoms with Crippen molar-refractivity contribution in [1.29, 1.82) is 0 Å². The van der Waals surface area contributed by atoms with Gasteiger partial charge in [0.15, 0.2) is 0 Å². The highest BCUT2D eigenvalue weighted by atomic mass is 35.5. The van der Waals surface area contributed by atoms with Crippen LogP contribution in [0, 0.1) is 0 Å². The largest absolute Gasteiger partial charge is 0.348 e. The second kappa shape index (κ2) is 6.94. The van der Waals surface area contributed by atoms with E-state index < -0.39 is 17.0 Å². The third-order valence-electron chi connectivity index (χ3n) is 3.93. The lowest BCUT2D eigenvalue weighted by Crippen LogP contribution is -2.37. The summed E-state index contributed by atoms with van der Waals surface area (Å²) in [7, 11) is 0. The number of aromatic nitrogens is 2. The fraction of sp³-hybridized carbons (Fsp3) is 0.167. The van der Waals surface area contributed by atoms with Gasteiger partial charge < -0.3 is 5.32 Å². The highest BCUT2D eigenvalue weighted by molar-refractivity contribution is 6.31. The van der Waals surface area contributed by atoms with Crippen LogP contribution in [0.1, 0.15) is 18.5 Å². The first-order valence-corrected chi connectivity index (χ1v) is 8.11. The van der Waals surface area contributed by atoms with Crippen LogP contribution < -0.4 is 16.4 Å². The number of aromatic amines is 1. The van der Waals surface area contributed by atoms with E-state index in [4.69, 9.17) is 11.6 Å². The molecular formula is C18H16ClN3O3. The highest BCUT2D eigenvalue weighted by Crippen LogP contribution is 2.21. The third kappa shape index (κ3) is 3.49. The molecule has 0 aliphatic carbocycles. The average Bonchev–Trinajstić information content (AvgIpc) is 2.59. The topological polar surface area (TPSA) is 84.0 Å². The number of amides is 1. The number of H-pyrrole nitrogens is 1. The zero-order valence-electron chi connectivity index (χ0n) is 13.5. The van der Waals surface area contributed by atoms with E-state index >= 15 is 0 Å². The second-order valence-corrected chi connectivity index (χ2v) is 6.10. The van der Waals surface area contributed by atoms with Crippen molar-refractivity contribution in [3.63, 3.8) is 0 Å². The lowest BCUT2D eigenvalue weighted by Gasteiger charge is -2.16. The minimum absolute atomic E-state index is 0.276. The van der Waals surface area contributed by atoms with Gasteiger partial charge in [0.2, 0.25) is 5.91 Å². The van der Waals surface area contributed by atoms with E-state index in [9.17, 15) is 14.4 Å². The number of fused-ring (bicyclic) bond motifs is 1. The molecule has 2 aromatic carbocycles. The summed E-state index contributed by atoms with van der Waals surface area (Å²) >= 11 is 6.12. The van der Waals surface area contributed by atoms with Crippen LogP contribution in [0.3, 0.4) is 0 Å². The van der Waals surface area contributed by atoms with E-state index in [0.29, 0.717) is 10.4 Å². The van der Waals surface area contributed by atoms with E-state index in [2.05, 4.69) is 10.4 Å². The molecule has 1 aromatic heterocycles. The monoisotopic (exact) mass is 357 g/mol. The normalized spacial score (nSPS) is 12.1. The number of benzene rings is 2. The number of hydrogen-bond acceptors (Lipinski definition) is 3. The van der Waals surface area contributed by atoms with Crippen molar-refractivity contribution in [3.8, 4) is 0 Å². The van der Waals surface area contributed by atoms with Gasteiger partial charge in [-0.05, 0) is 30.7 Å². The van der Waals surface area contributed by atoms with E-state index in [-0.39, 0.29) is 18.0 Å². The number of carbonyl (C=O) groups is 1. The predicted octanol–water partition coefficient (Wildman–Crippen LogP) is 2.22. The van der Waals surface area contributed by atoms with Crippen molar-refractivity contribution >= 4 is 28.3 Å². The van der Waals surface area contributed by atoms with Crippen molar-refractivity contribution in [2.24, 2.45) is 0 Å². The van der Waals surface area contributed by atoms with Crippen LogP contribution in [0.25, 0.3) is 10.8 Å². The first kappa shape index (κ1) is 17.0. The van der Waals surface area contributed by atoms with Crippen LogP contribution in [0.15, 0.2) is 58.1 Å². The van der Waals surface area contributed by atoms with Gasteiger partial charge in [-0.25, -0.2) is 4.68 Å². The quantitative estimate of drug-likeness (QED) is 0.751. The van der Waals surface area contributed by atoms with Gasteiger partial charge in [0.1, 0.15) is 6.54 Å². The Morgan fingerprint density at radius 3 is 2.48 bits per heavy atom. The molecule has 25 heavy (non-hydrogen) atoms. The lowest BCUT2D eigenvalue weighted by atomic mass is 10.1. The zero-order valence-corrected chi connectivity index (χ0v) is 14.2. The van der Waals surface area contributed by atoms with Gasteiger partial charge in [-0.1, -0.05) is 41.9 Å². The van der Waals surface area contributed by atoms with Crippen LogP contribution in [0.4, 0.5) is 0 Å². The maximum atomic E-state index is 12.4. The molecule has 2 N–H and O–H groups in total. The van der Waals surface area contributed by atoms with Crippen LogP contribution in [-0.2, 0) is 11.3 Å². The van der Waals surface area contributed by atoms with Gasteiger partial charge in [0.05, 0.1) is 16.8 Å². The smallest absolute Gasteiger partial charge is 0.273 e. The molecule has 0 aliphatic rings. The first-order valence-electron chi connectivity index (χ1n) is 7.73. The molecule has 3 rings (SSSR count). The summed E-state index contributed by atoms with van der Waals surface area (Å²) < 4.78 is 1.01. The zero-order chi connectivity index (χ0) is 18.0.